The number of carbonyl (C=O) groups excluding carboxylic acids is 1. The lowest BCUT2D eigenvalue weighted by molar-refractivity contribution is -0.135. The van der Waals surface area contributed by atoms with Crippen molar-refractivity contribution in [1.82, 2.24) is 24.6 Å². The Labute approximate surface area is 161 Å². The van der Waals surface area contributed by atoms with Crippen molar-refractivity contribution >= 4 is 5.91 Å². The van der Waals surface area contributed by atoms with Crippen LogP contribution in [0.2, 0.25) is 0 Å². The van der Waals surface area contributed by atoms with Gasteiger partial charge in [-0.15, -0.1) is 0 Å². The van der Waals surface area contributed by atoms with E-state index in [1.165, 1.54) is 12.8 Å². The van der Waals surface area contributed by atoms with Crippen molar-refractivity contribution in [1.29, 1.82) is 0 Å². The molecule has 0 saturated carbocycles. The van der Waals surface area contributed by atoms with Gasteiger partial charge in [-0.05, 0) is 52.2 Å². The maximum absolute atomic E-state index is 12.9. The maximum Gasteiger partial charge on any atom is 0.223 e. The maximum atomic E-state index is 12.9. The number of fused-ring (bicyclic) bond motifs is 1. The van der Waals surface area contributed by atoms with Gasteiger partial charge in [0.05, 0.1) is 12.6 Å². The SMILES string of the molecule is C[C@H]1c2nc(-c3ccccc3)nn2CCN1C(=O)CCC1CCN(C)CC1. The molecule has 2 aliphatic rings. The first-order valence-electron chi connectivity index (χ1n) is 10.1. The predicted molar refractivity (Wildman–Crippen MR) is 105 cm³/mol. The molecule has 4 rings (SSSR count). The summed E-state index contributed by atoms with van der Waals surface area (Å²) in [5.41, 5.74) is 1.02. The molecule has 1 fully saturated rings. The van der Waals surface area contributed by atoms with Gasteiger partial charge in [-0.25, -0.2) is 9.67 Å². The van der Waals surface area contributed by atoms with Crippen LogP contribution in [0.5, 0.6) is 0 Å². The average Bonchev–Trinajstić information content (AvgIpc) is 3.14. The summed E-state index contributed by atoms with van der Waals surface area (Å²) < 4.78 is 1.97. The lowest BCUT2D eigenvalue weighted by Crippen LogP contribution is -2.41. The van der Waals surface area contributed by atoms with E-state index in [1.807, 2.05) is 39.9 Å². The first-order chi connectivity index (χ1) is 13.1. The van der Waals surface area contributed by atoms with Crippen LogP contribution < -0.4 is 0 Å². The molecule has 0 spiro atoms. The molecule has 0 bridgehead atoms. The fraction of sp³-hybridized carbons (Fsp3) is 0.571. The zero-order valence-electron chi connectivity index (χ0n) is 16.3. The van der Waals surface area contributed by atoms with Gasteiger partial charge < -0.3 is 9.80 Å². The molecule has 1 amide bonds. The topological polar surface area (TPSA) is 54.3 Å². The van der Waals surface area contributed by atoms with Crippen molar-refractivity contribution in [3.63, 3.8) is 0 Å². The summed E-state index contributed by atoms with van der Waals surface area (Å²) in [4.78, 5) is 22.0. The fourth-order valence-corrected chi connectivity index (χ4v) is 4.24. The number of amides is 1. The first kappa shape index (κ1) is 18.2. The quantitative estimate of drug-likeness (QED) is 0.834. The second-order valence-corrected chi connectivity index (χ2v) is 7.93. The van der Waals surface area contributed by atoms with Crippen molar-refractivity contribution in [3.8, 4) is 11.4 Å². The average molecular weight is 367 g/mol. The van der Waals surface area contributed by atoms with Crippen LogP contribution in [-0.2, 0) is 11.3 Å². The summed E-state index contributed by atoms with van der Waals surface area (Å²) >= 11 is 0. The molecule has 2 aromatic rings. The van der Waals surface area contributed by atoms with E-state index >= 15 is 0 Å². The van der Waals surface area contributed by atoms with Crippen LogP contribution in [0.3, 0.4) is 0 Å². The lowest BCUT2D eigenvalue weighted by Gasteiger charge is -2.34. The minimum atomic E-state index is -0.0197. The number of piperidine rings is 1. The lowest BCUT2D eigenvalue weighted by atomic mass is 9.92. The molecule has 6 nitrogen and oxygen atoms in total. The van der Waals surface area contributed by atoms with E-state index in [-0.39, 0.29) is 11.9 Å². The van der Waals surface area contributed by atoms with E-state index in [0.717, 1.165) is 49.8 Å². The van der Waals surface area contributed by atoms with Crippen LogP contribution in [0.1, 0.15) is 44.5 Å². The third-order valence-corrected chi connectivity index (χ3v) is 6.05. The number of rotatable bonds is 4. The summed E-state index contributed by atoms with van der Waals surface area (Å²) in [7, 11) is 2.18. The summed E-state index contributed by atoms with van der Waals surface area (Å²) in [6.45, 7) is 5.83. The molecule has 1 atom stereocenters. The van der Waals surface area contributed by atoms with Crippen molar-refractivity contribution in [3.05, 3.63) is 36.2 Å². The molecular formula is C21H29N5O. The molecule has 1 saturated heterocycles. The second-order valence-electron chi connectivity index (χ2n) is 7.93. The van der Waals surface area contributed by atoms with Crippen LogP contribution in [0.4, 0.5) is 0 Å². The standard InChI is InChI=1S/C21H29N5O/c1-16-21-22-20(18-6-4-3-5-7-18)23-26(21)15-14-25(16)19(27)9-8-17-10-12-24(2)13-11-17/h3-7,16-17H,8-15H2,1-2H3/t16-/m0/s1. The number of aromatic nitrogens is 3. The number of likely N-dealkylation sites (tertiary alicyclic amines) is 1. The molecule has 3 heterocycles. The van der Waals surface area contributed by atoms with E-state index in [1.54, 1.807) is 0 Å². The Morgan fingerprint density at radius 2 is 1.85 bits per heavy atom. The molecule has 1 aromatic carbocycles. The Bertz CT molecular complexity index is 779. The van der Waals surface area contributed by atoms with Gasteiger partial charge in [0.15, 0.2) is 5.82 Å². The smallest absolute Gasteiger partial charge is 0.223 e. The van der Waals surface area contributed by atoms with Crippen LogP contribution in [0.25, 0.3) is 11.4 Å². The largest absolute Gasteiger partial charge is 0.331 e. The first-order valence-corrected chi connectivity index (χ1v) is 10.1. The highest BCUT2D eigenvalue weighted by Crippen LogP contribution is 2.28. The molecule has 0 aliphatic carbocycles. The van der Waals surface area contributed by atoms with Gasteiger partial charge in [0.2, 0.25) is 5.91 Å². The number of hydrogen-bond donors (Lipinski definition) is 0. The van der Waals surface area contributed by atoms with E-state index < -0.39 is 0 Å². The van der Waals surface area contributed by atoms with Crippen LogP contribution in [0, 0.1) is 5.92 Å². The van der Waals surface area contributed by atoms with E-state index in [2.05, 4.69) is 24.0 Å². The molecule has 0 N–H and O–H groups in total. The molecular weight excluding hydrogens is 338 g/mol. The summed E-state index contributed by atoms with van der Waals surface area (Å²) in [6.07, 6.45) is 4.10. The highest BCUT2D eigenvalue weighted by atomic mass is 16.2. The minimum absolute atomic E-state index is 0.0197. The number of carbonyl (C=O) groups is 1. The van der Waals surface area contributed by atoms with Gasteiger partial charge in [-0.2, -0.15) is 5.10 Å². The molecule has 6 heteroatoms. The Kier molecular flexibility index (Phi) is 5.25. The van der Waals surface area contributed by atoms with Crippen molar-refractivity contribution in [2.45, 2.75) is 45.2 Å². The normalized spacial score (nSPS) is 21.3. The van der Waals surface area contributed by atoms with Gasteiger partial charge in [-0.3, -0.25) is 4.79 Å². The van der Waals surface area contributed by atoms with E-state index in [0.29, 0.717) is 12.3 Å². The molecule has 27 heavy (non-hydrogen) atoms. The number of benzene rings is 1. The molecule has 2 aliphatic heterocycles. The van der Waals surface area contributed by atoms with Crippen molar-refractivity contribution < 1.29 is 4.79 Å². The number of hydrogen-bond acceptors (Lipinski definition) is 4. The highest BCUT2D eigenvalue weighted by Gasteiger charge is 2.31. The Morgan fingerprint density at radius 1 is 1.11 bits per heavy atom. The fourth-order valence-electron chi connectivity index (χ4n) is 4.24. The van der Waals surface area contributed by atoms with Crippen molar-refractivity contribution in [2.75, 3.05) is 26.7 Å². The van der Waals surface area contributed by atoms with Gasteiger partial charge in [0.25, 0.3) is 0 Å². The van der Waals surface area contributed by atoms with Crippen molar-refractivity contribution in [2.24, 2.45) is 5.92 Å². The van der Waals surface area contributed by atoms with Gasteiger partial charge >= 0.3 is 0 Å². The molecule has 1 aromatic heterocycles. The van der Waals surface area contributed by atoms with Gasteiger partial charge in [-0.1, -0.05) is 30.3 Å². The Hall–Kier alpha value is -2.21. The third kappa shape index (κ3) is 3.90. The third-order valence-electron chi connectivity index (χ3n) is 6.05. The Balaban J connectivity index is 1.40. The van der Waals surface area contributed by atoms with Crippen LogP contribution >= 0.6 is 0 Å². The Morgan fingerprint density at radius 3 is 2.59 bits per heavy atom. The minimum Gasteiger partial charge on any atom is -0.331 e. The summed E-state index contributed by atoms with van der Waals surface area (Å²) in [5.74, 6) is 2.60. The molecule has 0 radical (unpaired) electrons. The molecule has 144 valence electrons. The van der Waals surface area contributed by atoms with Crippen LogP contribution in [0.15, 0.2) is 30.3 Å². The molecule has 0 unspecified atom stereocenters. The zero-order chi connectivity index (χ0) is 18.8. The zero-order valence-corrected chi connectivity index (χ0v) is 16.3. The predicted octanol–water partition coefficient (Wildman–Crippen LogP) is 2.97. The number of nitrogens with zero attached hydrogens (tertiary/aromatic N) is 5. The second kappa shape index (κ2) is 7.80. The van der Waals surface area contributed by atoms with Crippen LogP contribution in [-0.4, -0.2) is 57.2 Å². The summed E-state index contributed by atoms with van der Waals surface area (Å²) in [6, 6.07) is 10.0. The van der Waals surface area contributed by atoms with Gasteiger partial charge in [0, 0.05) is 18.5 Å². The highest BCUT2D eigenvalue weighted by molar-refractivity contribution is 5.76. The van der Waals surface area contributed by atoms with E-state index in [9.17, 15) is 4.79 Å². The van der Waals surface area contributed by atoms with E-state index in [4.69, 9.17) is 4.98 Å². The summed E-state index contributed by atoms with van der Waals surface area (Å²) in [5, 5.41) is 4.65. The van der Waals surface area contributed by atoms with Gasteiger partial charge in [0.1, 0.15) is 5.82 Å². The monoisotopic (exact) mass is 367 g/mol.